The van der Waals surface area contributed by atoms with Gasteiger partial charge in [0, 0.05) is 31.7 Å². The number of carbonyl (C=O) groups excluding carboxylic acids is 3. The van der Waals surface area contributed by atoms with Crippen molar-refractivity contribution in [3.05, 3.63) is 47.8 Å². The van der Waals surface area contributed by atoms with Crippen LogP contribution in [0.4, 0.5) is 0 Å². The third kappa shape index (κ3) is 14.6. The van der Waals surface area contributed by atoms with Gasteiger partial charge in [-0.1, -0.05) is 77.1 Å². The minimum absolute atomic E-state index is 0.107. The Hall–Kier alpha value is -4.32. The summed E-state index contributed by atoms with van der Waals surface area (Å²) in [6, 6.07) is 7.02. The molecule has 2 aromatic rings. The zero-order chi connectivity index (χ0) is 58.1. The summed E-state index contributed by atoms with van der Waals surface area (Å²) < 4.78 is 39.3. The summed E-state index contributed by atoms with van der Waals surface area (Å²) in [7, 11) is 0. The number of rotatable bonds is 27. The van der Waals surface area contributed by atoms with Crippen molar-refractivity contribution in [1.82, 2.24) is 30.9 Å². The minimum Gasteiger partial charge on any atom is -0.479 e. The summed E-state index contributed by atoms with van der Waals surface area (Å²) in [5.74, 6) is -5.80. The second kappa shape index (κ2) is 27.4. The van der Waals surface area contributed by atoms with E-state index in [0.717, 1.165) is 12.5 Å². The average Bonchev–Trinajstić information content (AvgIpc) is 4.00. The molecule has 78 heavy (non-hydrogen) atoms. The third-order valence-electron chi connectivity index (χ3n) is 16.4. The SMILES string of the molecule is CCC(C)OC1C(C(=O)O)OC(C(C)(CC)C(C)(CC)OC2C(CO)OC(C(O)(CC)OC3CC(O)C(C(C)(O)CC)OC3C(=O)NCc3cn(CCNC(=O)C(N)Cc4ccccc4)nn3)C(NC(C)=O)C2O)C(O)C1O. The number of carbonyl (C=O) groups is 4. The molecule has 0 bridgehead atoms. The van der Waals surface area contributed by atoms with Crippen LogP contribution in [0.2, 0.25) is 0 Å². The fourth-order valence-electron chi connectivity index (χ4n) is 10.7. The molecule has 0 saturated carbocycles. The zero-order valence-corrected chi connectivity index (χ0v) is 46.6. The van der Waals surface area contributed by atoms with Crippen LogP contribution in [0.1, 0.15) is 119 Å². The van der Waals surface area contributed by atoms with Gasteiger partial charge in [0.1, 0.15) is 54.5 Å². The fraction of sp³-hybridized carbons (Fsp3) is 0.774. The van der Waals surface area contributed by atoms with Gasteiger partial charge in [-0.05, 0) is 58.4 Å². The predicted octanol–water partition coefficient (Wildman–Crippen LogP) is -0.903. The quantitative estimate of drug-likeness (QED) is 0.0482. The van der Waals surface area contributed by atoms with E-state index in [2.05, 4.69) is 26.3 Å². The summed E-state index contributed by atoms with van der Waals surface area (Å²) in [5, 5.41) is 109. The topological polar surface area (TPSA) is 378 Å². The number of aliphatic hydroxyl groups is 7. The lowest BCUT2D eigenvalue weighted by Gasteiger charge is -2.57. The van der Waals surface area contributed by atoms with Crippen molar-refractivity contribution in [2.45, 2.75) is 242 Å². The molecule has 0 aliphatic carbocycles. The molecule has 0 spiro atoms. The Morgan fingerprint density at radius 3 is 2.09 bits per heavy atom. The normalized spacial score (nSPS) is 32.5. The molecule has 3 aliphatic heterocycles. The van der Waals surface area contributed by atoms with Crippen molar-refractivity contribution in [1.29, 1.82) is 0 Å². The molecule has 13 N–H and O–H groups in total. The van der Waals surface area contributed by atoms with Crippen molar-refractivity contribution < 1.29 is 88.5 Å². The largest absolute Gasteiger partial charge is 0.479 e. The standard InChI is InChI=1S/C53H87N7O18/c1-11-28(6)73-42-38(65)39(66)46(76-43(42)49(69)70)50(8,12-2)52(10,14-4)78-40-35(27-61)74-45(36(37(40)64)57-29(7)62)53(72,15-5)77-34-24-33(63)44(51(9,71)13-3)75-41(34)48(68)56-25-31-26-60(59-58-31)22-21-55-47(67)32(54)23-30-19-17-16-18-20-30/h16-20,26,28,32-46,61,63-66,71-72H,11-15,21-25,27,54H2,1-10H3,(H,55,67)(H,56,68)(H,57,62)(H,69,70). The number of ether oxygens (including phenoxy) is 6. The van der Waals surface area contributed by atoms with E-state index in [9.17, 15) is 60.0 Å². The first-order valence-corrected chi connectivity index (χ1v) is 27.2. The number of benzene rings is 1. The molecule has 25 nitrogen and oxygen atoms in total. The number of nitrogens with one attached hydrogen (secondary N) is 3. The van der Waals surface area contributed by atoms with E-state index in [1.54, 1.807) is 47.7 Å². The van der Waals surface area contributed by atoms with Crippen molar-refractivity contribution in [2.75, 3.05) is 13.2 Å². The fourth-order valence-corrected chi connectivity index (χ4v) is 10.7. The number of nitrogens with zero attached hydrogens (tertiary/aromatic N) is 3. The zero-order valence-electron chi connectivity index (χ0n) is 46.6. The van der Waals surface area contributed by atoms with Gasteiger partial charge in [-0.2, -0.15) is 0 Å². The lowest BCUT2D eigenvalue weighted by atomic mass is 9.64. The molecule has 3 fully saturated rings. The second-order valence-corrected chi connectivity index (χ2v) is 21.7. The van der Waals surface area contributed by atoms with Crippen molar-refractivity contribution in [3.63, 3.8) is 0 Å². The number of nitrogens with two attached hydrogens (primary N) is 1. The van der Waals surface area contributed by atoms with E-state index in [0.29, 0.717) is 18.5 Å². The molecule has 4 heterocycles. The molecule has 3 amide bonds. The van der Waals surface area contributed by atoms with Crippen LogP contribution in [0.3, 0.4) is 0 Å². The highest BCUT2D eigenvalue weighted by atomic mass is 16.7. The van der Waals surface area contributed by atoms with Gasteiger partial charge in [0.15, 0.2) is 18.0 Å². The second-order valence-electron chi connectivity index (χ2n) is 21.7. The Balaban J connectivity index is 1.37. The van der Waals surface area contributed by atoms with Crippen LogP contribution in [0.5, 0.6) is 0 Å². The molecule has 0 radical (unpaired) electrons. The van der Waals surface area contributed by atoms with Crippen LogP contribution in [0, 0.1) is 5.41 Å². The maximum atomic E-state index is 14.3. The molecular weight excluding hydrogens is 1020 g/mol. The summed E-state index contributed by atoms with van der Waals surface area (Å²) in [4.78, 5) is 52.6. The Morgan fingerprint density at radius 1 is 0.846 bits per heavy atom. The molecule has 1 aromatic carbocycles. The lowest BCUT2D eigenvalue weighted by molar-refractivity contribution is -0.357. The summed E-state index contributed by atoms with van der Waals surface area (Å²) >= 11 is 0. The molecule has 442 valence electrons. The third-order valence-corrected chi connectivity index (χ3v) is 16.4. The maximum absolute atomic E-state index is 14.3. The van der Waals surface area contributed by atoms with Crippen molar-refractivity contribution in [3.8, 4) is 0 Å². The molecule has 3 saturated heterocycles. The molecule has 25 heteroatoms. The van der Waals surface area contributed by atoms with Gasteiger partial charge in [-0.25, -0.2) is 4.79 Å². The van der Waals surface area contributed by atoms with Crippen LogP contribution < -0.4 is 21.7 Å². The molecule has 3 aliphatic rings. The van der Waals surface area contributed by atoms with Gasteiger partial charge >= 0.3 is 5.97 Å². The highest BCUT2D eigenvalue weighted by molar-refractivity contribution is 5.82. The number of hydrogen-bond acceptors (Lipinski definition) is 20. The smallest absolute Gasteiger partial charge is 0.335 e. The molecule has 20 atom stereocenters. The van der Waals surface area contributed by atoms with E-state index in [1.165, 1.54) is 18.5 Å². The van der Waals surface area contributed by atoms with E-state index in [1.807, 2.05) is 37.3 Å². The van der Waals surface area contributed by atoms with Gasteiger partial charge in [0.05, 0.1) is 73.6 Å². The van der Waals surface area contributed by atoms with Gasteiger partial charge in [0.2, 0.25) is 11.8 Å². The van der Waals surface area contributed by atoms with E-state index in [-0.39, 0.29) is 57.6 Å². The summed E-state index contributed by atoms with van der Waals surface area (Å²) in [5.41, 5.74) is 2.83. The minimum atomic E-state index is -2.54. The molecular formula is C53H87N7O18. The Kier molecular flexibility index (Phi) is 22.7. The first kappa shape index (κ1) is 64.5. The number of amides is 3. The van der Waals surface area contributed by atoms with Crippen LogP contribution in [0.25, 0.3) is 0 Å². The predicted molar refractivity (Wildman–Crippen MR) is 278 cm³/mol. The first-order valence-electron chi connectivity index (χ1n) is 27.2. The molecule has 1 aromatic heterocycles. The molecule has 5 rings (SSSR count). The van der Waals surface area contributed by atoms with Gasteiger partial charge in [-0.15, -0.1) is 5.10 Å². The number of carboxylic acid groups (broad SMARTS) is 1. The number of aliphatic hydroxyl groups excluding tert-OH is 5. The number of aromatic nitrogens is 3. The maximum Gasteiger partial charge on any atom is 0.335 e. The Labute approximate surface area is 455 Å². The highest BCUT2D eigenvalue weighted by Gasteiger charge is 2.63. The van der Waals surface area contributed by atoms with E-state index < -0.39 is 144 Å². The Morgan fingerprint density at radius 2 is 1.51 bits per heavy atom. The van der Waals surface area contributed by atoms with Gasteiger partial charge in [-0.3, -0.25) is 19.1 Å². The number of aliphatic carboxylic acids is 1. The van der Waals surface area contributed by atoms with Crippen LogP contribution in [-0.2, 0) is 67.1 Å². The lowest BCUT2D eigenvalue weighted by Crippen LogP contribution is -2.73. The van der Waals surface area contributed by atoms with E-state index >= 15 is 0 Å². The van der Waals surface area contributed by atoms with E-state index in [4.69, 9.17) is 34.2 Å². The average molecular weight is 1110 g/mol. The Bertz CT molecular complexity index is 2270. The number of hydrogen-bond donors (Lipinski definition) is 12. The monoisotopic (exact) mass is 1110 g/mol. The summed E-state index contributed by atoms with van der Waals surface area (Å²) in [6.07, 6.45) is -18.8. The van der Waals surface area contributed by atoms with Crippen LogP contribution >= 0.6 is 0 Å². The van der Waals surface area contributed by atoms with Gasteiger partial charge < -0.3 is 91.0 Å². The van der Waals surface area contributed by atoms with Gasteiger partial charge in [0.25, 0.3) is 5.91 Å². The van der Waals surface area contributed by atoms with Crippen molar-refractivity contribution in [2.24, 2.45) is 11.1 Å². The number of carboxylic acids is 1. The first-order chi connectivity index (χ1) is 36.7. The summed E-state index contributed by atoms with van der Waals surface area (Å²) in [6.45, 7) is 15.4. The van der Waals surface area contributed by atoms with Crippen LogP contribution in [0.15, 0.2) is 36.5 Å². The van der Waals surface area contributed by atoms with Crippen LogP contribution in [-0.4, -0.2) is 207 Å². The highest BCUT2D eigenvalue weighted by Crippen LogP contribution is 2.50. The molecule has 20 unspecified atom stereocenters. The van der Waals surface area contributed by atoms with Crippen molar-refractivity contribution >= 4 is 23.7 Å².